The molecule has 1 aromatic carbocycles. The molecule has 1 aromatic heterocycles. The number of anilines is 1. The minimum atomic E-state index is 0.682. The molecule has 0 bridgehead atoms. The number of hydrogen-bond donors (Lipinski definition) is 0. The summed E-state index contributed by atoms with van der Waals surface area (Å²) in [5, 5.41) is 1.24. The number of rotatable bonds is 2. The number of nitrogens with zero attached hydrogens (tertiary/aromatic N) is 2. The van der Waals surface area contributed by atoms with Crippen LogP contribution in [-0.2, 0) is 0 Å². The van der Waals surface area contributed by atoms with Gasteiger partial charge in [0.15, 0.2) is 0 Å². The predicted octanol–water partition coefficient (Wildman–Crippen LogP) is 4.31. The van der Waals surface area contributed by atoms with Gasteiger partial charge in [-0.05, 0) is 31.9 Å². The van der Waals surface area contributed by atoms with Crippen LogP contribution in [0, 0.1) is 6.92 Å². The van der Waals surface area contributed by atoms with Gasteiger partial charge in [-0.2, -0.15) is 0 Å². The lowest BCUT2D eigenvalue weighted by Crippen LogP contribution is -2.33. The van der Waals surface area contributed by atoms with E-state index >= 15 is 0 Å². The van der Waals surface area contributed by atoms with Gasteiger partial charge in [-0.15, -0.1) is 0 Å². The van der Waals surface area contributed by atoms with Gasteiger partial charge in [0, 0.05) is 24.2 Å². The molecule has 1 heterocycles. The summed E-state index contributed by atoms with van der Waals surface area (Å²) in [6.07, 6.45) is 6.77. The molecule has 1 saturated carbocycles. The normalized spacial score (nSPS) is 16.7. The zero-order chi connectivity index (χ0) is 13.2. The molecular weight excluding hydrogens is 232 g/mol. The van der Waals surface area contributed by atoms with Crippen LogP contribution >= 0.6 is 0 Å². The lowest BCUT2D eigenvalue weighted by atomic mass is 9.94. The average Bonchev–Trinajstić information content (AvgIpc) is 2.47. The van der Waals surface area contributed by atoms with E-state index in [9.17, 15) is 0 Å². The van der Waals surface area contributed by atoms with Crippen molar-refractivity contribution >= 4 is 16.6 Å². The van der Waals surface area contributed by atoms with Crippen molar-refractivity contribution in [3.8, 4) is 0 Å². The van der Waals surface area contributed by atoms with Crippen LogP contribution < -0.4 is 4.90 Å². The van der Waals surface area contributed by atoms with Crippen LogP contribution in [0.4, 0.5) is 5.69 Å². The number of benzene rings is 1. The van der Waals surface area contributed by atoms with Crippen LogP contribution in [0.15, 0.2) is 30.3 Å². The van der Waals surface area contributed by atoms with E-state index in [-0.39, 0.29) is 0 Å². The highest BCUT2D eigenvalue weighted by atomic mass is 15.1. The SMILES string of the molecule is Cc1ccc2cccc(N(C)C3CCCCC3)c2n1. The summed E-state index contributed by atoms with van der Waals surface area (Å²) >= 11 is 0. The number of fused-ring (bicyclic) bond motifs is 1. The number of para-hydroxylation sites is 1. The van der Waals surface area contributed by atoms with E-state index in [1.807, 2.05) is 0 Å². The van der Waals surface area contributed by atoms with Gasteiger partial charge in [-0.25, -0.2) is 0 Å². The first-order valence-corrected chi connectivity index (χ1v) is 7.35. The highest BCUT2D eigenvalue weighted by Gasteiger charge is 2.19. The summed E-state index contributed by atoms with van der Waals surface area (Å²) in [7, 11) is 2.23. The molecule has 2 nitrogen and oxygen atoms in total. The zero-order valence-corrected chi connectivity index (χ0v) is 11.9. The Morgan fingerprint density at radius 2 is 1.84 bits per heavy atom. The monoisotopic (exact) mass is 254 g/mol. The second-order valence-electron chi connectivity index (χ2n) is 5.70. The van der Waals surface area contributed by atoms with Crippen molar-refractivity contribution in [3.63, 3.8) is 0 Å². The molecule has 2 heteroatoms. The van der Waals surface area contributed by atoms with Crippen LogP contribution in [0.2, 0.25) is 0 Å². The standard InChI is InChI=1S/C17H22N2/c1-13-11-12-14-7-6-10-16(17(14)18-13)19(2)15-8-4-3-5-9-15/h6-7,10-12,15H,3-5,8-9H2,1-2H3. The Labute approximate surface area is 115 Å². The van der Waals surface area contributed by atoms with Crippen molar-refractivity contribution in [1.82, 2.24) is 4.98 Å². The van der Waals surface area contributed by atoms with E-state index in [1.165, 1.54) is 43.2 Å². The molecule has 0 radical (unpaired) electrons. The van der Waals surface area contributed by atoms with Gasteiger partial charge >= 0.3 is 0 Å². The highest BCUT2D eigenvalue weighted by molar-refractivity contribution is 5.91. The van der Waals surface area contributed by atoms with Crippen molar-refractivity contribution in [2.45, 2.75) is 45.1 Å². The van der Waals surface area contributed by atoms with Gasteiger partial charge in [-0.3, -0.25) is 4.98 Å². The fraction of sp³-hybridized carbons (Fsp3) is 0.471. The van der Waals surface area contributed by atoms with Crippen molar-refractivity contribution in [1.29, 1.82) is 0 Å². The molecule has 100 valence electrons. The fourth-order valence-electron chi connectivity index (χ4n) is 3.18. The van der Waals surface area contributed by atoms with Crippen molar-refractivity contribution in [2.24, 2.45) is 0 Å². The summed E-state index contributed by atoms with van der Waals surface area (Å²) in [6.45, 7) is 2.07. The molecule has 1 aliphatic rings. The third-order valence-corrected chi connectivity index (χ3v) is 4.34. The van der Waals surface area contributed by atoms with Gasteiger partial charge in [-0.1, -0.05) is 37.5 Å². The van der Waals surface area contributed by atoms with Crippen LogP contribution in [0.5, 0.6) is 0 Å². The predicted molar refractivity (Wildman–Crippen MR) is 81.8 cm³/mol. The molecule has 1 fully saturated rings. The lowest BCUT2D eigenvalue weighted by molar-refractivity contribution is 0.428. The fourth-order valence-corrected chi connectivity index (χ4v) is 3.18. The first-order chi connectivity index (χ1) is 9.25. The summed E-state index contributed by atoms with van der Waals surface area (Å²) in [6, 6.07) is 11.5. The third kappa shape index (κ3) is 2.44. The molecule has 0 unspecified atom stereocenters. The highest BCUT2D eigenvalue weighted by Crippen LogP contribution is 2.30. The molecule has 3 rings (SSSR count). The molecular formula is C17H22N2. The van der Waals surface area contributed by atoms with Crippen LogP contribution in [0.1, 0.15) is 37.8 Å². The first-order valence-electron chi connectivity index (χ1n) is 7.35. The van der Waals surface area contributed by atoms with Crippen molar-refractivity contribution in [2.75, 3.05) is 11.9 Å². The average molecular weight is 254 g/mol. The molecule has 0 aliphatic heterocycles. The Morgan fingerprint density at radius 1 is 1.05 bits per heavy atom. The Bertz CT molecular complexity index is 570. The van der Waals surface area contributed by atoms with Crippen LogP contribution in [0.3, 0.4) is 0 Å². The van der Waals surface area contributed by atoms with Gasteiger partial charge in [0.05, 0.1) is 11.2 Å². The molecule has 0 N–H and O–H groups in total. The number of pyridine rings is 1. The third-order valence-electron chi connectivity index (χ3n) is 4.34. The van der Waals surface area contributed by atoms with E-state index in [2.05, 4.69) is 49.2 Å². The summed E-state index contributed by atoms with van der Waals surface area (Å²) in [5.74, 6) is 0. The maximum atomic E-state index is 4.75. The minimum Gasteiger partial charge on any atom is -0.370 e. The van der Waals surface area contributed by atoms with E-state index in [0.717, 1.165) is 11.2 Å². The van der Waals surface area contributed by atoms with E-state index in [1.54, 1.807) is 0 Å². The maximum Gasteiger partial charge on any atom is 0.0938 e. The molecule has 0 atom stereocenters. The van der Waals surface area contributed by atoms with E-state index < -0.39 is 0 Å². The van der Waals surface area contributed by atoms with Gasteiger partial charge < -0.3 is 4.90 Å². The molecule has 19 heavy (non-hydrogen) atoms. The van der Waals surface area contributed by atoms with Gasteiger partial charge in [0.25, 0.3) is 0 Å². The second-order valence-corrected chi connectivity index (χ2v) is 5.70. The van der Waals surface area contributed by atoms with Crippen LogP contribution in [-0.4, -0.2) is 18.1 Å². The topological polar surface area (TPSA) is 16.1 Å². The zero-order valence-electron chi connectivity index (χ0n) is 11.9. The lowest BCUT2D eigenvalue weighted by Gasteiger charge is -2.33. The van der Waals surface area contributed by atoms with Gasteiger partial charge in [0.2, 0.25) is 0 Å². The number of hydrogen-bond acceptors (Lipinski definition) is 2. The Kier molecular flexibility index (Phi) is 3.41. The number of aromatic nitrogens is 1. The summed E-state index contributed by atoms with van der Waals surface area (Å²) in [4.78, 5) is 7.20. The minimum absolute atomic E-state index is 0.682. The van der Waals surface area contributed by atoms with Crippen molar-refractivity contribution < 1.29 is 0 Å². The Balaban J connectivity index is 2.01. The van der Waals surface area contributed by atoms with E-state index in [4.69, 9.17) is 4.98 Å². The molecule has 0 spiro atoms. The van der Waals surface area contributed by atoms with Gasteiger partial charge in [0.1, 0.15) is 0 Å². The largest absolute Gasteiger partial charge is 0.370 e. The Hall–Kier alpha value is -1.57. The molecule has 1 aliphatic carbocycles. The molecule has 0 amide bonds. The first kappa shape index (κ1) is 12.5. The summed E-state index contributed by atoms with van der Waals surface area (Å²) < 4.78 is 0. The number of aryl methyl sites for hydroxylation is 1. The maximum absolute atomic E-state index is 4.75. The van der Waals surface area contributed by atoms with E-state index in [0.29, 0.717) is 6.04 Å². The Morgan fingerprint density at radius 3 is 2.63 bits per heavy atom. The summed E-state index contributed by atoms with van der Waals surface area (Å²) in [5.41, 5.74) is 3.53. The van der Waals surface area contributed by atoms with Crippen LogP contribution in [0.25, 0.3) is 10.9 Å². The molecule has 0 saturated heterocycles. The molecule has 2 aromatic rings. The quantitative estimate of drug-likeness (QED) is 0.793. The smallest absolute Gasteiger partial charge is 0.0938 e. The van der Waals surface area contributed by atoms with Crippen molar-refractivity contribution in [3.05, 3.63) is 36.0 Å². The second kappa shape index (κ2) is 5.20.